The van der Waals surface area contributed by atoms with Crippen molar-refractivity contribution < 1.29 is 44.4 Å². The van der Waals surface area contributed by atoms with Gasteiger partial charge in [-0.3, -0.25) is 19.4 Å². The number of aromatic hydroxyl groups is 1. The number of aromatic nitrogens is 4. The zero-order valence-corrected chi connectivity index (χ0v) is 21.4. The van der Waals surface area contributed by atoms with Gasteiger partial charge in [0.25, 0.3) is 5.91 Å². The Labute approximate surface area is 226 Å². The SMILES string of the molecule is Cc1nc(O)c2c(CCc3ccc(C(=O)N[C@@H](CCC(=O)N[C@@H](CCC(=O)O)C(=O)O)C(=O)O)nc3)c[nH]c2n1. The van der Waals surface area contributed by atoms with E-state index in [1.807, 2.05) is 0 Å². The fourth-order valence-corrected chi connectivity index (χ4v) is 3.93. The Morgan fingerprint density at radius 3 is 2.23 bits per heavy atom. The van der Waals surface area contributed by atoms with Crippen molar-refractivity contribution in [1.82, 2.24) is 30.6 Å². The lowest BCUT2D eigenvalue weighted by Gasteiger charge is -2.16. The van der Waals surface area contributed by atoms with Crippen molar-refractivity contribution in [3.8, 4) is 5.88 Å². The second-order valence-electron chi connectivity index (χ2n) is 8.98. The summed E-state index contributed by atoms with van der Waals surface area (Å²) in [5.41, 5.74) is 2.06. The molecule has 0 fully saturated rings. The van der Waals surface area contributed by atoms with E-state index in [1.165, 1.54) is 12.3 Å². The van der Waals surface area contributed by atoms with Gasteiger partial charge in [0.2, 0.25) is 11.8 Å². The number of hydrogen-bond donors (Lipinski definition) is 7. The van der Waals surface area contributed by atoms with Gasteiger partial charge in [-0.05, 0) is 49.8 Å². The zero-order chi connectivity index (χ0) is 29.4. The average Bonchev–Trinajstić information content (AvgIpc) is 3.30. The maximum atomic E-state index is 12.6. The van der Waals surface area contributed by atoms with Gasteiger partial charge in [0.05, 0.1) is 5.39 Å². The fraction of sp³-hybridized carbons (Fsp3) is 0.360. The van der Waals surface area contributed by atoms with Gasteiger partial charge < -0.3 is 36.0 Å². The number of carboxylic acids is 3. The van der Waals surface area contributed by atoms with Crippen LogP contribution in [-0.2, 0) is 32.0 Å². The molecule has 0 aliphatic heterocycles. The van der Waals surface area contributed by atoms with Gasteiger partial charge in [-0.2, -0.15) is 4.98 Å². The molecule has 0 aliphatic rings. The molecule has 0 saturated heterocycles. The number of rotatable bonds is 14. The van der Waals surface area contributed by atoms with Crippen LogP contribution in [0.4, 0.5) is 0 Å². The highest BCUT2D eigenvalue weighted by atomic mass is 16.4. The van der Waals surface area contributed by atoms with Crippen molar-refractivity contribution in [3.63, 3.8) is 0 Å². The number of nitrogens with zero attached hydrogens (tertiary/aromatic N) is 3. The first-order chi connectivity index (χ1) is 18.9. The summed E-state index contributed by atoms with van der Waals surface area (Å²) < 4.78 is 0. The molecule has 0 aromatic carbocycles. The lowest BCUT2D eigenvalue weighted by atomic mass is 10.1. The second-order valence-corrected chi connectivity index (χ2v) is 8.98. The first-order valence-corrected chi connectivity index (χ1v) is 12.2. The summed E-state index contributed by atoms with van der Waals surface area (Å²) >= 11 is 0. The molecule has 0 saturated carbocycles. The van der Waals surface area contributed by atoms with E-state index < -0.39 is 54.6 Å². The summed E-state index contributed by atoms with van der Waals surface area (Å²) in [5.74, 6) is -5.31. The maximum Gasteiger partial charge on any atom is 0.326 e. The van der Waals surface area contributed by atoms with E-state index in [1.54, 1.807) is 19.2 Å². The molecular weight excluding hydrogens is 528 g/mol. The van der Waals surface area contributed by atoms with Crippen molar-refractivity contribution >= 4 is 40.8 Å². The number of nitrogens with one attached hydrogen (secondary N) is 3. The Kier molecular flexibility index (Phi) is 9.67. The number of fused-ring (bicyclic) bond motifs is 1. The first kappa shape index (κ1) is 29.5. The molecule has 3 aromatic rings. The van der Waals surface area contributed by atoms with Crippen LogP contribution in [0.3, 0.4) is 0 Å². The minimum absolute atomic E-state index is 0.0484. The molecule has 3 rings (SSSR count). The minimum atomic E-state index is -1.46. The fourth-order valence-electron chi connectivity index (χ4n) is 3.93. The molecule has 2 amide bonds. The van der Waals surface area contributed by atoms with Gasteiger partial charge in [0, 0.05) is 25.2 Å². The summed E-state index contributed by atoms with van der Waals surface area (Å²) in [6.07, 6.45) is 2.68. The lowest BCUT2D eigenvalue weighted by Crippen LogP contribution is -2.44. The Bertz CT molecular complexity index is 1420. The number of amides is 2. The number of hydrogen-bond acceptors (Lipinski definition) is 9. The standard InChI is InChI=1S/C25H28N6O9/c1-12-28-21-20(23(36)29-12)14(11-27-21)4-2-13-3-5-15(26-10-13)22(35)31-17(25(39)40)6-8-18(32)30-16(24(37)38)7-9-19(33)34/h3,5,10-11,16-17H,2,4,6-9H2,1H3,(H,30,32)(H,31,35)(H,33,34)(H,37,38)(H,39,40)(H2,27,28,29,36)/t16-,17-/m0/s1. The van der Waals surface area contributed by atoms with E-state index in [4.69, 9.17) is 10.2 Å². The quantitative estimate of drug-likeness (QED) is 0.144. The van der Waals surface area contributed by atoms with Crippen LogP contribution in [0.25, 0.3) is 11.0 Å². The number of pyridine rings is 1. The van der Waals surface area contributed by atoms with Gasteiger partial charge in [0.1, 0.15) is 29.2 Å². The molecule has 2 atom stereocenters. The Morgan fingerprint density at radius 2 is 1.60 bits per heavy atom. The molecular formula is C25H28N6O9. The predicted octanol–water partition coefficient (Wildman–Crippen LogP) is 0.550. The third kappa shape index (κ3) is 7.96. The van der Waals surface area contributed by atoms with Crippen molar-refractivity contribution in [2.45, 2.75) is 57.5 Å². The zero-order valence-electron chi connectivity index (χ0n) is 21.4. The number of aromatic amines is 1. The third-order valence-electron chi connectivity index (χ3n) is 5.99. The first-order valence-electron chi connectivity index (χ1n) is 12.2. The highest BCUT2D eigenvalue weighted by Crippen LogP contribution is 2.26. The number of H-pyrrole nitrogens is 1. The number of aryl methyl sites for hydroxylation is 3. The number of carbonyl (C=O) groups excluding carboxylic acids is 2. The normalized spacial score (nSPS) is 12.4. The van der Waals surface area contributed by atoms with Crippen molar-refractivity contribution in [1.29, 1.82) is 0 Å². The molecule has 0 aliphatic carbocycles. The summed E-state index contributed by atoms with van der Waals surface area (Å²) in [6, 6.07) is 0.185. The Morgan fingerprint density at radius 1 is 0.925 bits per heavy atom. The number of carboxylic acid groups (broad SMARTS) is 3. The van der Waals surface area contributed by atoms with Crippen LogP contribution in [0.15, 0.2) is 24.5 Å². The van der Waals surface area contributed by atoms with E-state index in [0.29, 0.717) is 29.7 Å². The van der Waals surface area contributed by atoms with E-state index >= 15 is 0 Å². The summed E-state index contributed by atoms with van der Waals surface area (Å²) in [5, 5.41) is 42.4. The van der Waals surface area contributed by atoms with Crippen LogP contribution in [0, 0.1) is 6.92 Å². The van der Waals surface area contributed by atoms with E-state index in [-0.39, 0.29) is 24.4 Å². The Balaban J connectivity index is 1.54. The molecule has 3 aromatic heterocycles. The molecule has 7 N–H and O–H groups in total. The summed E-state index contributed by atoms with van der Waals surface area (Å²) in [4.78, 5) is 73.5. The van der Waals surface area contributed by atoms with E-state index in [9.17, 15) is 34.2 Å². The molecule has 40 heavy (non-hydrogen) atoms. The lowest BCUT2D eigenvalue weighted by molar-refractivity contribution is -0.143. The third-order valence-corrected chi connectivity index (χ3v) is 5.99. The van der Waals surface area contributed by atoms with E-state index in [0.717, 1.165) is 11.1 Å². The van der Waals surface area contributed by atoms with Crippen molar-refractivity contribution in [3.05, 3.63) is 47.2 Å². The molecule has 0 radical (unpaired) electrons. The Hall–Kier alpha value is -5.08. The average molecular weight is 557 g/mol. The molecule has 0 spiro atoms. The predicted molar refractivity (Wildman–Crippen MR) is 136 cm³/mol. The maximum absolute atomic E-state index is 12.6. The second kappa shape index (κ2) is 13.1. The smallest absolute Gasteiger partial charge is 0.326 e. The van der Waals surface area contributed by atoms with Crippen molar-refractivity contribution in [2.24, 2.45) is 0 Å². The molecule has 0 unspecified atom stereocenters. The summed E-state index contributed by atoms with van der Waals surface area (Å²) in [6.45, 7) is 1.67. The van der Waals surface area contributed by atoms with Gasteiger partial charge in [0.15, 0.2) is 0 Å². The van der Waals surface area contributed by atoms with Crippen LogP contribution >= 0.6 is 0 Å². The highest BCUT2D eigenvalue weighted by molar-refractivity contribution is 5.95. The topological polar surface area (TPSA) is 245 Å². The largest absolute Gasteiger partial charge is 0.493 e. The molecule has 15 nitrogen and oxygen atoms in total. The molecule has 15 heteroatoms. The van der Waals surface area contributed by atoms with Gasteiger partial charge >= 0.3 is 17.9 Å². The monoisotopic (exact) mass is 556 g/mol. The van der Waals surface area contributed by atoms with Crippen LogP contribution in [0.5, 0.6) is 5.88 Å². The van der Waals surface area contributed by atoms with Crippen LogP contribution in [0.1, 0.15) is 53.1 Å². The number of carbonyl (C=O) groups is 5. The van der Waals surface area contributed by atoms with Gasteiger partial charge in [-0.1, -0.05) is 6.07 Å². The van der Waals surface area contributed by atoms with Crippen LogP contribution in [0.2, 0.25) is 0 Å². The molecule has 0 bridgehead atoms. The van der Waals surface area contributed by atoms with Gasteiger partial charge in [-0.25, -0.2) is 14.6 Å². The minimum Gasteiger partial charge on any atom is -0.493 e. The molecule has 212 valence electrons. The molecule has 3 heterocycles. The van der Waals surface area contributed by atoms with E-state index in [2.05, 4.69) is 30.6 Å². The van der Waals surface area contributed by atoms with Gasteiger partial charge in [-0.15, -0.1) is 0 Å². The highest BCUT2D eigenvalue weighted by Gasteiger charge is 2.25. The van der Waals surface area contributed by atoms with Crippen LogP contribution in [-0.4, -0.2) is 82.2 Å². The number of aliphatic carboxylic acids is 3. The van der Waals surface area contributed by atoms with Crippen molar-refractivity contribution in [2.75, 3.05) is 0 Å². The summed E-state index contributed by atoms with van der Waals surface area (Å²) in [7, 11) is 0. The van der Waals surface area contributed by atoms with Crippen LogP contribution < -0.4 is 10.6 Å².